The number of hydrogen-bond acceptors (Lipinski definition) is 7. The molecule has 2 saturated carbocycles. The van der Waals surface area contributed by atoms with Crippen molar-refractivity contribution in [3.05, 3.63) is 30.0 Å². The number of aliphatic hydroxyl groups is 1. The largest absolute Gasteiger partial charge is 0.496 e. The summed E-state index contributed by atoms with van der Waals surface area (Å²) in [6.07, 6.45) is 4.85. The minimum atomic E-state index is -0.956. The van der Waals surface area contributed by atoms with E-state index in [-0.39, 0.29) is 41.6 Å². The van der Waals surface area contributed by atoms with Gasteiger partial charge in [0, 0.05) is 24.9 Å². The molecule has 9 nitrogen and oxygen atoms in total. The van der Waals surface area contributed by atoms with Gasteiger partial charge in [-0.15, -0.1) is 0 Å². The van der Waals surface area contributed by atoms with E-state index >= 15 is 0 Å². The number of nitrogens with zero attached hydrogens (tertiary/aromatic N) is 1. The Morgan fingerprint density at radius 3 is 2.78 bits per heavy atom. The molecule has 0 bridgehead atoms. The van der Waals surface area contributed by atoms with Crippen LogP contribution in [0.3, 0.4) is 0 Å². The molecule has 36 heavy (non-hydrogen) atoms. The highest BCUT2D eigenvalue weighted by Gasteiger charge is 2.50. The number of Topliss-reactive ketones (excluding diaryl/α,β-unsaturated/α-hetero) is 2. The van der Waals surface area contributed by atoms with Gasteiger partial charge in [0.1, 0.15) is 29.8 Å². The molecule has 1 aromatic carbocycles. The summed E-state index contributed by atoms with van der Waals surface area (Å²) in [5.74, 6) is -0.598. The maximum absolute atomic E-state index is 13.6. The molecule has 0 unspecified atom stereocenters. The third-order valence-electron chi connectivity index (χ3n) is 8.18. The Morgan fingerprint density at radius 2 is 2.06 bits per heavy atom. The lowest BCUT2D eigenvalue weighted by atomic mass is 9.91. The van der Waals surface area contributed by atoms with E-state index in [2.05, 4.69) is 5.32 Å². The van der Waals surface area contributed by atoms with Crippen molar-refractivity contribution in [2.75, 3.05) is 20.3 Å². The van der Waals surface area contributed by atoms with Gasteiger partial charge < -0.3 is 24.5 Å². The summed E-state index contributed by atoms with van der Waals surface area (Å²) in [6, 6.07) is 5.27. The van der Waals surface area contributed by atoms with E-state index in [9.17, 15) is 24.3 Å². The van der Waals surface area contributed by atoms with Gasteiger partial charge in [-0.2, -0.15) is 0 Å². The minimum Gasteiger partial charge on any atom is -0.496 e. The summed E-state index contributed by atoms with van der Waals surface area (Å²) >= 11 is 0. The molecular weight excluding hydrogens is 464 g/mol. The number of benzene rings is 1. The van der Waals surface area contributed by atoms with Crippen molar-refractivity contribution in [2.24, 2.45) is 17.8 Å². The van der Waals surface area contributed by atoms with Gasteiger partial charge in [0.05, 0.1) is 18.5 Å². The van der Waals surface area contributed by atoms with Crippen LogP contribution in [0.4, 0.5) is 0 Å². The number of amides is 2. The fourth-order valence-electron chi connectivity index (χ4n) is 6.37. The van der Waals surface area contributed by atoms with E-state index in [1.54, 1.807) is 36.3 Å². The van der Waals surface area contributed by atoms with Crippen molar-refractivity contribution in [1.82, 2.24) is 10.2 Å². The Labute approximate surface area is 209 Å². The lowest BCUT2D eigenvalue weighted by molar-refractivity contribution is -0.133. The number of fused-ring (bicyclic) bond motifs is 2. The molecule has 0 spiro atoms. The number of aliphatic hydroxyl groups excluding tert-OH is 1. The summed E-state index contributed by atoms with van der Waals surface area (Å²) in [6.45, 7) is -0.276. The molecule has 192 valence electrons. The van der Waals surface area contributed by atoms with Gasteiger partial charge in [0.15, 0.2) is 11.5 Å². The van der Waals surface area contributed by atoms with E-state index in [4.69, 9.17) is 9.15 Å². The average molecular weight is 497 g/mol. The van der Waals surface area contributed by atoms with Gasteiger partial charge >= 0.3 is 0 Å². The van der Waals surface area contributed by atoms with Crippen molar-refractivity contribution < 1.29 is 33.4 Å². The molecule has 5 rings (SSSR count). The molecule has 2 N–H and O–H groups in total. The summed E-state index contributed by atoms with van der Waals surface area (Å²) in [7, 11) is 1.55. The quantitative estimate of drug-likeness (QED) is 0.575. The number of carbonyl (C=O) groups excluding carboxylic acids is 4. The number of rotatable bonds is 8. The number of furan rings is 1. The first-order chi connectivity index (χ1) is 17.4. The zero-order valence-corrected chi connectivity index (χ0v) is 20.4. The predicted molar refractivity (Wildman–Crippen MR) is 129 cm³/mol. The van der Waals surface area contributed by atoms with Gasteiger partial charge in [0.2, 0.25) is 5.91 Å². The molecule has 1 aliphatic heterocycles. The van der Waals surface area contributed by atoms with E-state index in [0.29, 0.717) is 36.1 Å². The van der Waals surface area contributed by atoms with Gasteiger partial charge in [0.25, 0.3) is 5.91 Å². The average Bonchev–Trinajstić information content (AvgIpc) is 3.66. The molecule has 3 fully saturated rings. The van der Waals surface area contributed by atoms with Crippen LogP contribution in [0.25, 0.3) is 11.0 Å². The summed E-state index contributed by atoms with van der Waals surface area (Å²) in [5.41, 5.74) is 0.521. The van der Waals surface area contributed by atoms with E-state index < -0.39 is 30.4 Å². The molecule has 0 radical (unpaired) electrons. The molecule has 1 saturated heterocycles. The van der Waals surface area contributed by atoms with Gasteiger partial charge in [-0.1, -0.05) is 12.5 Å². The monoisotopic (exact) mass is 496 g/mol. The lowest BCUT2D eigenvalue weighted by Gasteiger charge is -2.29. The second-order valence-corrected chi connectivity index (χ2v) is 10.2. The number of likely N-dealkylation sites (tertiary alicyclic amines) is 1. The van der Waals surface area contributed by atoms with Gasteiger partial charge in [-0.05, 0) is 56.1 Å². The lowest BCUT2D eigenvalue weighted by Crippen LogP contribution is -2.53. The normalized spacial score (nSPS) is 26.3. The van der Waals surface area contributed by atoms with Gasteiger partial charge in [-0.3, -0.25) is 19.2 Å². The smallest absolute Gasteiger partial charge is 0.290 e. The van der Waals surface area contributed by atoms with E-state index in [1.807, 2.05) is 0 Å². The molecule has 1 aromatic heterocycles. The molecule has 5 atom stereocenters. The Kier molecular flexibility index (Phi) is 6.83. The van der Waals surface area contributed by atoms with Crippen LogP contribution < -0.4 is 10.1 Å². The standard InChI is InChI=1S/C27H32N2O7/c1-35-22-9-4-10-23-18(22)12-24(36-23)27(34)29-13-16-6-2-7-17(16)25(29)26(33)28-19(21(32)14-30)11-15-5-3-8-20(15)31/h4,9-10,12,15-17,19,25,30H,2-3,5-8,11,13-14H2,1H3,(H,28,33)/t15-,16-,17-,19-,25-/m0/s1. The van der Waals surface area contributed by atoms with Crippen LogP contribution in [0.2, 0.25) is 0 Å². The predicted octanol–water partition coefficient (Wildman–Crippen LogP) is 2.49. The molecule has 2 amide bonds. The molecule has 2 heterocycles. The third kappa shape index (κ3) is 4.40. The zero-order valence-electron chi connectivity index (χ0n) is 20.4. The number of hydrogen-bond donors (Lipinski definition) is 2. The Bertz CT molecular complexity index is 1190. The molecule has 3 aliphatic rings. The first kappa shape index (κ1) is 24.5. The number of ether oxygens (including phenoxy) is 1. The maximum atomic E-state index is 13.6. The van der Waals surface area contributed by atoms with Crippen molar-refractivity contribution in [2.45, 2.75) is 57.0 Å². The first-order valence-corrected chi connectivity index (χ1v) is 12.8. The summed E-state index contributed by atoms with van der Waals surface area (Å²) in [5, 5.41) is 13.0. The first-order valence-electron chi connectivity index (χ1n) is 12.8. The number of carbonyl (C=O) groups is 4. The SMILES string of the molecule is COc1cccc2oc(C(=O)N3C[C@@H]4CCC[C@@H]4[C@H]3C(=O)N[C@@H](C[C@@H]3CCCC3=O)C(=O)CO)cc12. The van der Waals surface area contributed by atoms with Crippen LogP contribution in [-0.4, -0.2) is 65.7 Å². The highest BCUT2D eigenvalue weighted by Crippen LogP contribution is 2.43. The van der Waals surface area contributed by atoms with E-state index in [1.165, 1.54) is 0 Å². The van der Waals surface area contributed by atoms with Crippen LogP contribution in [0.1, 0.15) is 55.5 Å². The Balaban J connectivity index is 1.39. The van der Waals surface area contributed by atoms with Crippen molar-refractivity contribution in [1.29, 1.82) is 0 Å². The van der Waals surface area contributed by atoms with Crippen LogP contribution in [-0.2, 0) is 14.4 Å². The van der Waals surface area contributed by atoms with Crippen LogP contribution in [0, 0.1) is 17.8 Å². The number of nitrogens with one attached hydrogen (secondary N) is 1. The second kappa shape index (κ2) is 10.0. The summed E-state index contributed by atoms with van der Waals surface area (Å²) < 4.78 is 11.2. The van der Waals surface area contributed by atoms with Crippen molar-refractivity contribution in [3.8, 4) is 5.75 Å². The molecule has 2 aromatic rings. The van der Waals surface area contributed by atoms with Crippen LogP contribution in [0.5, 0.6) is 5.75 Å². The zero-order chi connectivity index (χ0) is 25.4. The number of methoxy groups -OCH3 is 1. The van der Waals surface area contributed by atoms with Crippen LogP contribution in [0.15, 0.2) is 28.7 Å². The van der Waals surface area contributed by atoms with Gasteiger partial charge in [-0.25, -0.2) is 0 Å². The third-order valence-corrected chi connectivity index (χ3v) is 8.18. The van der Waals surface area contributed by atoms with Crippen LogP contribution >= 0.6 is 0 Å². The Morgan fingerprint density at radius 1 is 1.22 bits per heavy atom. The Hall–Kier alpha value is -3.20. The number of ketones is 2. The second-order valence-electron chi connectivity index (χ2n) is 10.2. The highest BCUT2D eigenvalue weighted by atomic mass is 16.5. The molecule has 9 heteroatoms. The maximum Gasteiger partial charge on any atom is 0.290 e. The fourth-order valence-corrected chi connectivity index (χ4v) is 6.37. The minimum absolute atomic E-state index is 0.00847. The molecular formula is C27H32N2O7. The topological polar surface area (TPSA) is 126 Å². The summed E-state index contributed by atoms with van der Waals surface area (Å²) in [4.78, 5) is 53.5. The fraction of sp³-hybridized carbons (Fsp3) is 0.556. The van der Waals surface area contributed by atoms with Crippen molar-refractivity contribution in [3.63, 3.8) is 0 Å². The van der Waals surface area contributed by atoms with E-state index in [0.717, 1.165) is 25.7 Å². The highest BCUT2D eigenvalue weighted by molar-refractivity contribution is 6.01. The van der Waals surface area contributed by atoms with Crippen molar-refractivity contribution >= 4 is 34.4 Å². The molecule has 2 aliphatic carbocycles.